The van der Waals surface area contributed by atoms with E-state index in [2.05, 4.69) is 15.6 Å². The van der Waals surface area contributed by atoms with Crippen LogP contribution in [-0.4, -0.2) is 36.9 Å². The second kappa shape index (κ2) is 9.12. The van der Waals surface area contributed by atoms with E-state index in [1.807, 2.05) is 24.4 Å². The zero-order valence-corrected chi connectivity index (χ0v) is 14.2. The molecule has 0 amide bonds. The van der Waals surface area contributed by atoms with Crippen molar-refractivity contribution in [2.24, 2.45) is 4.99 Å². The number of alkyl halides is 3. The Kier molecular flexibility index (Phi) is 7.84. The number of aliphatic imine (C=N–C) groups is 1. The van der Waals surface area contributed by atoms with Gasteiger partial charge in [0.25, 0.3) is 0 Å². The van der Waals surface area contributed by atoms with Crippen molar-refractivity contribution in [3.8, 4) is 0 Å². The van der Waals surface area contributed by atoms with Crippen LogP contribution in [0.2, 0.25) is 0 Å². The van der Waals surface area contributed by atoms with Gasteiger partial charge in [0, 0.05) is 24.4 Å². The summed E-state index contributed by atoms with van der Waals surface area (Å²) < 4.78 is 36.2. The molecule has 0 saturated heterocycles. The van der Waals surface area contributed by atoms with Gasteiger partial charge in [-0.15, -0.1) is 11.3 Å². The van der Waals surface area contributed by atoms with Crippen molar-refractivity contribution in [3.63, 3.8) is 0 Å². The molecule has 1 unspecified atom stereocenters. The van der Waals surface area contributed by atoms with Gasteiger partial charge in [-0.3, -0.25) is 0 Å². The Labute approximate surface area is 138 Å². The van der Waals surface area contributed by atoms with Crippen LogP contribution in [0, 0.1) is 0 Å². The van der Waals surface area contributed by atoms with Crippen molar-refractivity contribution < 1.29 is 18.3 Å². The van der Waals surface area contributed by atoms with E-state index in [1.165, 1.54) is 11.3 Å². The minimum atomic E-state index is -4.10. The fourth-order valence-electron chi connectivity index (χ4n) is 1.89. The normalized spacial score (nSPS) is 15.3. The first-order valence-corrected chi connectivity index (χ1v) is 8.48. The van der Waals surface area contributed by atoms with Crippen LogP contribution in [-0.2, 0) is 5.60 Å². The summed E-state index contributed by atoms with van der Waals surface area (Å²) in [5.41, 5.74) is -1.06. The lowest BCUT2D eigenvalue weighted by Gasteiger charge is -2.20. The van der Waals surface area contributed by atoms with Crippen molar-refractivity contribution in [1.82, 2.24) is 10.6 Å². The molecule has 8 heteroatoms. The number of thiophene rings is 1. The summed E-state index contributed by atoms with van der Waals surface area (Å²) in [6.07, 6.45) is -4.37. The molecule has 23 heavy (non-hydrogen) atoms. The third-order valence-corrected chi connectivity index (χ3v) is 4.24. The molecule has 1 aromatic rings. The number of aliphatic hydroxyl groups is 1. The van der Waals surface area contributed by atoms with Gasteiger partial charge >= 0.3 is 6.18 Å². The lowest BCUT2D eigenvalue weighted by atomic mass is 10.1. The number of hydrogen-bond donors (Lipinski definition) is 3. The molecule has 132 valence electrons. The first kappa shape index (κ1) is 19.8. The number of hydrogen-bond acceptors (Lipinski definition) is 3. The van der Waals surface area contributed by atoms with Crippen LogP contribution in [0.25, 0.3) is 0 Å². The maximum atomic E-state index is 12.1. The molecule has 0 aliphatic rings. The van der Waals surface area contributed by atoms with Crippen molar-refractivity contribution in [1.29, 1.82) is 0 Å². The highest BCUT2D eigenvalue weighted by molar-refractivity contribution is 7.10. The second-order valence-corrected chi connectivity index (χ2v) is 6.39. The van der Waals surface area contributed by atoms with Crippen molar-refractivity contribution >= 4 is 17.3 Å². The molecule has 0 spiro atoms. The van der Waals surface area contributed by atoms with E-state index >= 15 is 0 Å². The average molecular weight is 351 g/mol. The summed E-state index contributed by atoms with van der Waals surface area (Å²) in [7, 11) is 0. The predicted octanol–water partition coefficient (Wildman–Crippen LogP) is 3.24. The number of unbranched alkanes of at least 4 members (excludes halogenated alkanes) is 1. The molecular weight excluding hydrogens is 327 g/mol. The predicted molar refractivity (Wildman–Crippen MR) is 87.8 cm³/mol. The molecule has 1 rings (SSSR count). The van der Waals surface area contributed by atoms with Gasteiger partial charge in [0.15, 0.2) is 5.96 Å². The molecule has 1 heterocycles. The second-order valence-electron chi connectivity index (χ2n) is 5.45. The molecular formula is C15H24F3N3OS. The summed E-state index contributed by atoms with van der Waals surface area (Å²) in [6, 6.07) is 3.71. The van der Waals surface area contributed by atoms with E-state index in [0.717, 1.165) is 4.88 Å². The highest BCUT2D eigenvalue weighted by Gasteiger charge is 2.26. The van der Waals surface area contributed by atoms with Gasteiger partial charge < -0.3 is 15.7 Å². The molecule has 0 bridgehead atoms. The summed E-state index contributed by atoms with van der Waals surface area (Å²) >= 11 is 1.46. The fourth-order valence-corrected chi connectivity index (χ4v) is 2.67. The van der Waals surface area contributed by atoms with Gasteiger partial charge in [-0.2, -0.15) is 13.2 Å². The zero-order chi connectivity index (χ0) is 17.3. The molecule has 0 fully saturated rings. The number of halogens is 3. The van der Waals surface area contributed by atoms with E-state index in [0.29, 0.717) is 25.5 Å². The third kappa shape index (κ3) is 8.22. The van der Waals surface area contributed by atoms with Gasteiger partial charge in [0.05, 0.1) is 6.54 Å². The van der Waals surface area contributed by atoms with E-state index in [-0.39, 0.29) is 13.0 Å². The largest absolute Gasteiger partial charge is 0.389 e. The zero-order valence-electron chi connectivity index (χ0n) is 13.4. The molecule has 0 aliphatic heterocycles. The van der Waals surface area contributed by atoms with Crippen LogP contribution in [0.4, 0.5) is 13.2 Å². The number of nitrogens with zero attached hydrogens (tertiary/aromatic N) is 1. The highest BCUT2D eigenvalue weighted by atomic mass is 32.1. The van der Waals surface area contributed by atoms with Crippen molar-refractivity contribution in [2.75, 3.05) is 19.6 Å². The number of nitrogens with one attached hydrogen (secondary N) is 2. The molecule has 0 radical (unpaired) electrons. The molecule has 1 aromatic heterocycles. The average Bonchev–Trinajstić information content (AvgIpc) is 2.98. The maximum Gasteiger partial charge on any atom is 0.389 e. The molecule has 1 atom stereocenters. The molecule has 3 N–H and O–H groups in total. The van der Waals surface area contributed by atoms with Crippen LogP contribution in [0.15, 0.2) is 22.5 Å². The Morgan fingerprint density at radius 1 is 1.30 bits per heavy atom. The SMILES string of the molecule is CCNC(=NCC(C)(O)c1cccs1)NCCCCC(F)(F)F. The topological polar surface area (TPSA) is 56.7 Å². The summed E-state index contributed by atoms with van der Waals surface area (Å²) in [4.78, 5) is 5.14. The van der Waals surface area contributed by atoms with Crippen LogP contribution >= 0.6 is 11.3 Å². The van der Waals surface area contributed by atoms with E-state index < -0.39 is 18.2 Å². The standard InChI is InChI=1S/C15H24F3N3OS/c1-3-19-13(20-9-5-4-8-15(16,17)18)21-11-14(2,22)12-7-6-10-23-12/h6-7,10,22H,3-5,8-9,11H2,1-2H3,(H2,19,20,21). The van der Waals surface area contributed by atoms with E-state index in [1.54, 1.807) is 6.92 Å². The smallest absolute Gasteiger partial charge is 0.383 e. The summed E-state index contributed by atoms with van der Waals surface area (Å²) in [6.45, 7) is 4.80. The third-order valence-electron chi connectivity index (χ3n) is 3.12. The van der Waals surface area contributed by atoms with Gasteiger partial charge in [-0.1, -0.05) is 6.07 Å². The van der Waals surface area contributed by atoms with Gasteiger partial charge in [-0.05, 0) is 38.1 Å². The van der Waals surface area contributed by atoms with Crippen LogP contribution in [0.3, 0.4) is 0 Å². The van der Waals surface area contributed by atoms with Crippen LogP contribution < -0.4 is 10.6 Å². The van der Waals surface area contributed by atoms with Crippen molar-refractivity contribution in [2.45, 2.75) is 44.9 Å². The number of rotatable bonds is 8. The van der Waals surface area contributed by atoms with E-state index in [4.69, 9.17) is 0 Å². The lowest BCUT2D eigenvalue weighted by molar-refractivity contribution is -0.135. The monoisotopic (exact) mass is 351 g/mol. The minimum Gasteiger partial charge on any atom is -0.383 e. The van der Waals surface area contributed by atoms with Gasteiger partial charge in [0.1, 0.15) is 5.60 Å². The Morgan fingerprint density at radius 3 is 2.61 bits per heavy atom. The van der Waals surface area contributed by atoms with Gasteiger partial charge in [0.2, 0.25) is 0 Å². The Balaban J connectivity index is 2.44. The maximum absolute atomic E-state index is 12.1. The Bertz CT molecular complexity index is 473. The first-order chi connectivity index (χ1) is 10.7. The highest BCUT2D eigenvalue weighted by Crippen LogP contribution is 2.25. The van der Waals surface area contributed by atoms with Crippen LogP contribution in [0.1, 0.15) is 38.0 Å². The van der Waals surface area contributed by atoms with Crippen molar-refractivity contribution in [3.05, 3.63) is 22.4 Å². The van der Waals surface area contributed by atoms with Crippen LogP contribution in [0.5, 0.6) is 0 Å². The Morgan fingerprint density at radius 2 is 2.04 bits per heavy atom. The fraction of sp³-hybridized carbons (Fsp3) is 0.667. The Hall–Kier alpha value is -1.28. The molecule has 0 aromatic carbocycles. The lowest BCUT2D eigenvalue weighted by Crippen LogP contribution is -2.39. The molecule has 0 aliphatic carbocycles. The summed E-state index contributed by atoms with van der Waals surface area (Å²) in [5.74, 6) is 0.497. The van der Waals surface area contributed by atoms with Gasteiger partial charge in [-0.25, -0.2) is 4.99 Å². The number of guanidine groups is 1. The first-order valence-electron chi connectivity index (χ1n) is 7.60. The molecule has 0 saturated carbocycles. The quantitative estimate of drug-likeness (QED) is 0.383. The minimum absolute atomic E-state index is 0.0861. The molecule has 4 nitrogen and oxygen atoms in total. The van der Waals surface area contributed by atoms with E-state index in [9.17, 15) is 18.3 Å². The summed E-state index contributed by atoms with van der Waals surface area (Å²) in [5, 5.41) is 18.3.